The predicted octanol–water partition coefficient (Wildman–Crippen LogP) is 4.03. The number of benzene rings is 2. The molecular weight excluding hydrogens is 434 g/mol. The van der Waals surface area contributed by atoms with Crippen molar-refractivity contribution in [3.8, 4) is 34.5 Å². The zero-order valence-electron chi connectivity index (χ0n) is 15.9. The van der Waals surface area contributed by atoms with E-state index in [1.165, 1.54) is 23.9 Å². The average Bonchev–Trinajstić information content (AvgIpc) is 2.71. The molecule has 0 bridgehead atoms. The fraction of sp³-hybridized carbons (Fsp3) is 0.0952. The summed E-state index contributed by atoms with van der Waals surface area (Å²) >= 11 is 6.18. The molecule has 0 aliphatic heterocycles. The molecule has 1 heterocycles. The lowest BCUT2D eigenvalue weighted by Gasteiger charge is -2.15. The van der Waals surface area contributed by atoms with E-state index in [1.807, 2.05) is 0 Å². The van der Waals surface area contributed by atoms with Crippen LogP contribution >= 0.6 is 11.6 Å². The molecule has 1 aromatic heterocycles. The van der Waals surface area contributed by atoms with Crippen molar-refractivity contribution in [2.45, 2.75) is 0 Å². The molecular formula is C21H13ClF2N2O5. The van der Waals surface area contributed by atoms with Gasteiger partial charge in [-0.1, -0.05) is 23.4 Å². The third-order valence-electron chi connectivity index (χ3n) is 4.16. The number of hydrogen-bond acceptors (Lipinski definition) is 5. The van der Waals surface area contributed by atoms with Gasteiger partial charge in [-0.15, -0.1) is 0 Å². The quantitative estimate of drug-likeness (QED) is 0.371. The van der Waals surface area contributed by atoms with Crippen LogP contribution in [0.2, 0.25) is 5.02 Å². The number of aliphatic hydroxyl groups is 1. The first-order valence-corrected chi connectivity index (χ1v) is 9.00. The molecule has 0 amide bonds. The average molecular weight is 447 g/mol. The van der Waals surface area contributed by atoms with E-state index in [0.717, 1.165) is 24.3 Å². The van der Waals surface area contributed by atoms with Crippen molar-refractivity contribution in [2.24, 2.45) is 7.05 Å². The molecule has 0 aliphatic rings. The van der Waals surface area contributed by atoms with Crippen LogP contribution in [-0.2, 0) is 7.05 Å². The first-order valence-electron chi connectivity index (χ1n) is 8.63. The number of ether oxygens (including phenoxy) is 1. The molecule has 0 saturated heterocycles. The molecule has 3 rings (SSSR count). The maximum absolute atomic E-state index is 14.5. The summed E-state index contributed by atoms with van der Waals surface area (Å²) in [5.41, 5.74) is -0.574. The molecule has 0 fully saturated rings. The Morgan fingerprint density at radius 1 is 1.23 bits per heavy atom. The molecule has 1 N–H and O–H groups in total. The van der Waals surface area contributed by atoms with Crippen LogP contribution in [-0.4, -0.2) is 21.2 Å². The molecule has 10 heteroatoms. The Labute approximate surface area is 179 Å². The lowest BCUT2D eigenvalue weighted by atomic mass is 10.1. The van der Waals surface area contributed by atoms with Crippen LogP contribution in [0.5, 0.6) is 11.5 Å². The molecule has 3 aromatic rings. The van der Waals surface area contributed by atoms with Gasteiger partial charge in [0.2, 0.25) is 0 Å². The van der Waals surface area contributed by atoms with Crippen LogP contribution < -0.4 is 10.3 Å². The van der Waals surface area contributed by atoms with Crippen molar-refractivity contribution in [1.82, 2.24) is 4.57 Å². The van der Waals surface area contributed by atoms with Crippen LogP contribution in [0.15, 0.2) is 47.4 Å². The Balaban J connectivity index is 2.24. The van der Waals surface area contributed by atoms with E-state index < -0.39 is 34.5 Å². The highest BCUT2D eigenvalue weighted by molar-refractivity contribution is 6.33. The van der Waals surface area contributed by atoms with Crippen molar-refractivity contribution in [2.75, 3.05) is 6.61 Å². The Morgan fingerprint density at radius 2 is 1.97 bits per heavy atom. The van der Waals surface area contributed by atoms with Gasteiger partial charge in [-0.2, -0.15) is 0 Å². The van der Waals surface area contributed by atoms with Gasteiger partial charge < -0.3 is 14.4 Å². The summed E-state index contributed by atoms with van der Waals surface area (Å²) < 4.78 is 35.0. The highest BCUT2D eigenvalue weighted by Gasteiger charge is 2.20. The highest BCUT2D eigenvalue weighted by atomic mass is 35.5. The highest BCUT2D eigenvalue weighted by Crippen LogP contribution is 2.40. The number of aliphatic hydroxyl groups excluding tert-OH is 1. The van der Waals surface area contributed by atoms with E-state index in [4.69, 9.17) is 21.4 Å². The van der Waals surface area contributed by atoms with Gasteiger partial charge in [-0.3, -0.25) is 14.9 Å². The van der Waals surface area contributed by atoms with Crippen molar-refractivity contribution >= 4 is 17.3 Å². The van der Waals surface area contributed by atoms with Crippen LogP contribution in [0, 0.1) is 33.6 Å². The predicted molar refractivity (Wildman–Crippen MR) is 109 cm³/mol. The zero-order chi connectivity index (χ0) is 22.7. The summed E-state index contributed by atoms with van der Waals surface area (Å²) in [5.74, 6) is 2.20. The van der Waals surface area contributed by atoms with Crippen LogP contribution in [0.25, 0.3) is 11.1 Å². The minimum Gasteiger partial charge on any atom is -0.452 e. The van der Waals surface area contributed by atoms with Crippen LogP contribution in [0.4, 0.5) is 14.5 Å². The minimum atomic E-state index is -1.07. The lowest BCUT2D eigenvalue weighted by molar-refractivity contribution is -0.384. The van der Waals surface area contributed by atoms with Crippen molar-refractivity contribution in [3.63, 3.8) is 0 Å². The molecule has 0 radical (unpaired) electrons. The van der Waals surface area contributed by atoms with Gasteiger partial charge in [0.1, 0.15) is 18.2 Å². The monoisotopic (exact) mass is 446 g/mol. The first kappa shape index (κ1) is 22.0. The summed E-state index contributed by atoms with van der Waals surface area (Å²) in [6.07, 6.45) is 1.35. The first-order chi connectivity index (χ1) is 14.7. The normalized spacial score (nSPS) is 10.4. The molecule has 158 valence electrons. The molecule has 0 atom stereocenters. The number of nitrogens with zero attached hydrogens (tertiary/aromatic N) is 2. The van der Waals surface area contributed by atoms with Crippen molar-refractivity contribution < 1.29 is 23.5 Å². The Kier molecular flexibility index (Phi) is 6.34. The number of rotatable bonds is 4. The number of pyridine rings is 1. The summed E-state index contributed by atoms with van der Waals surface area (Å²) in [5, 5.41) is 20.1. The van der Waals surface area contributed by atoms with Crippen LogP contribution in [0.3, 0.4) is 0 Å². The van der Waals surface area contributed by atoms with E-state index >= 15 is 0 Å². The second-order valence-electron chi connectivity index (χ2n) is 6.25. The molecule has 2 aromatic carbocycles. The smallest absolute Gasteiger partial charge is 0.270 e. The number of hydrogen-bond donors (Lipinski definition) is 1. The van der Waals surface area contributed by atoms with Gasteiger partial charge in [-0.05, 0) is 12.1 Å². The van der Waals surface area contributed by atoms with Gasteiger partial charge in [0.25, 0.3) is 11.2 Å². The third-order valence-corrected chi connectivity index (χ3v) is 4.48. The summed E-state index contributed by atoms with van der Waals surface area (Å²) in [6, 6.07) is 6.14. The molecule has 0 aliphatic carbocycles. The van der Waals surface area contributed by atoms with Crippen LogP contribution in [0.1, 0.15) is 5.56 Å². The number of non-ortho nitro benzene ring substituents is 1. The van der Waals surface area contributed by atoms with E-state index in [0.29, 0.717) is 6.07 Å². The van der Waals surface area contributed by atoms with Gasteiger partial charge in [-0.25, -0.2) is 8.78 Å². The van der Waals surface area contributed by atoms with E-state index in [2.05, 4.69) is 11.8 Å². The topological polar surface area (TPSA) is 94.6 Å². The number of aryl methyl sites for hydroxylation is 1. The summed E-state index contributed by atoms with van der Waals surface area (Å²) in [4.78, 5) is 22.4. The number of aromatic nitrogens is 1. The largest absolute Gasteiger partial charge is 0.452 e. The fourth-order valence-electron chi connectivity index (χ4n) is 2.74. The maximum atomic E-state index is 14.5. The van der Waals surface area contributed by atoms with E-state index in [-0.39, 0.29) is 33.1 Å². The SMILES string of the molecule is Cn1cc(-c2cc([N+](=O)[O-])ccc2Oc2c(F)cc(F)cc2C#CCO)c(Cl)cc1=O. The maximum Gasteiger partial charge on any atom is 0.270 e. The second-order valence-corrected chi connectivity index (χ2v) is 6.66. The van der Waals surface area contributed by atoms with Crippen molar-refractivity contribution in [3.05, 3.63) is 85.3 Å². The molecule has 7 nitrogen and oxygen atoms in total. The summed E-state index contributed by atoms with van der Waals surface area (Å²) in [7, 11) is 1.46. The van der Waals surface area contributed by atoms with E-state index in [1.54, 1.807) is 0 Å². The summed E-state index contributed by atoms with van der Waals surface area (Å²) in [6.45, 7) is -0.548. The number of halogens is 3. The Bertz CT molecular complexity index is 1310. The number of nitro groups is 1. The third kappa shape index (κ3) is 4.71. The molecule has 31 heavy (non-hydrogen) atoms. The minimum absolute atomic E-state index is 0.00618. The van der Waals surface area contributed by atoms with Crippen molar-refractivity contribution in [1.29, 1.82) is 0 Å². The van der Waals surface area contributed by atoms with Gasteiger partial charge >= 0.3 is 0 Å². The zero-order valence-corrected chi connectivity index (χ0v) is 16.6. The lowest BCUT2D eigenvalue weighted by Crippen LogP contribution is -2.14. The van der Waals surface area contributed by atoms with Gasteiger partial charge in [0.05, 0.1) is 15.5 Å². The molecule has 0 saturated carbocycles. The van der Waals surface area contributed by atoms with E-state index in [9.17, 15) is 23.7 Å². The fourth-order valence-corrected chi connectivity index (χ4v) is 2.98. The second kappa shape index (κ2) is 8.95. The Morgan fingerprint density at radius 3 is 2.65 bits per heavy atom. The standard InChI is InChI=1S/C21H13ClF2N2O5/c1-25-11-16(17(22)10-20(25)28)15-9-14(26(29)30)4-5-19(15)31-21-12(3-2-6-27)7-13(23)8-18(21)24/h4-5,7-11,27H,6H2,1H3. The Hall–Kier alpha value is -3.74. The van der Waals surface area contributed by atoms with Gasteiger partial charge in [0.15, 0.2) is 11.6 Å². The van der Waals surface area contributed by atoms with Gasteiger partial charge in [0, 0.05) is 48.6 Å². The molecule has 0 unspecified atom stereocenters. The molecule has 0 spiro atoms. The number of nitro benzene ring substituents is 1.